The predicted molar refractivity (Wildman–Crippen MR) is 105 cm³/mol. The highest BCUT2D eigenvalue weighted by molar-refractivity contribution is 5.93. The van der Waals surface area contributed by atoms with Crippen LogP contribution in [0.25, 0.3) is 0 Å². The zero-order valence-corrected chi connectivity index (χ0v) is 16.0. The number of rotatable bonds is 8. The van der Waals surface area contributed by atoms with Gasteiger partial charge < -0.3 is 15.4 Å². The molecule has 0 saturated heterocycles. The Kier molecular flexibility index (Phi) is 7.08. The summed E-state index contributed by atoms with van der Waals surface area (Å²) in [4.78, 5) is 35.0. The number of carbonyl (C=O) groups is 2. The molecule has 148 valence electrons. The molecule has 1 amide bonds. The number of benzene rings is 2. The van der Waals surface area contributed by atoms with Crippen molar-refractivity contribution in [2.75, 3.05) is 18.9 Å². The van der Waals surface area contributed by atoms with Gasteiger partial charge in [-0.15, -0.1) is 0 Å². The van der Waals surface area contributed by atoms with Gasteiger partial charge in [-0.3, -0.25) is 14.9 Å². The molecule has 0 unspecified atom stereocenters. The fourth-order valence-corrected chi connectivity index (χ4v) is 2.60. The van der Waals surface area contributed by atoms with E-state index in [4.69, 9.17) is 4.74 Å². The van der Waals surface area contributed by atoms with Gasteiger partial charge >= 0.3 is 5.97 Å². The van der Waals surface area contributed by atoms with Crippen LogP contribution in [0.15, 0.2) is 48.5 Å². The Balaban J connectivity index is 1.95. The second-order valence-corrected chi connectivity index (χ2v) is 6.34. The van der Waals surface area contributed by atoms with E-state index < -0.39 is 22.9 Å². The summed E-state index contributed by atoms with van der Waals surface area (Å²) in [6.07, 6.45) is -1.03. The average Bonchev–Trinajstić information content (AvgIpc) is 2.71. The molecule has 0 bridgehead atoms. The largest absolute Gasteiger partial charge is 0.449 e. The van der Waals surface area contributed by atoms with E-state index in [1.165, 1.54) is 19.1 Å². The highest BCUT2D eigenvalue weighted by Crippen LogP contribution is 2.25. The summed E-state index contributed by atoms with van der Waals surface area (Å²) in [5.41, 5.74) is 1.13. The van der Waals surface area contributed by atoms with E-state index in [1.54, 1.807) is 7.05 Å². The van der Waals surface area contributed by atoms with Crippen LogP contribution in [0.2, 0.25) is 0 Å². The van der Waals surface area contributed by atoms with Crippen molar-refractivity contribution >= 4 is 23.3 Å². The molecule has 2 N–H and O–H groups in total. The van der Waals surface area contributed by atoms with Gasteiger partial charge in [0.25, 0.3) is 11.6 Å². The standard InChI is InChI=1S/C20H23N3O5/c1-13(15-7-5-4-6-8-15)12-22-19(24)14(2)28-20(25)16-9-10-17(21-3)18(11-16)23(26)27/h4-11,13-14,21H,12H2,1-3H3,(H,22,24)/t13-,14+/m1/s1. The third kappa shape index (κ3) is 5.29. The monoisotopic (exact) mass is 385 g/mol. The molecule has 0 saturated carbocycles. The minimum Gasteiger partial charge on any atom is -0.449 e. The van der Waals surface area contributed by atoms with E-state index in [9.17, 15) is 19.7 Å². The lowest BCUT2D eigenvalue weighted by Crippen LogP contribution is -2.37. The number of nitrogens with zero attached hydrogens (tertiary/aromatic N) is 1. The second-order valence-electron chi connectivity index (χ2n) is 6.34. The Morgan fingerprint density at radius 3 is 2.43 bits per heavy atom. The lowest BCUT2D eigenvalue weighted by atomic mass is 10.0. The number of amides is 1. The fourth-order valence-electron chi connectivity index (χ4n) is 2.60. The maximum atomic E-state index is 12.2. The van der Waals surface area contributed by atoms with Crippen LogP contribution in [-0.4, -0.2) is 36.5 Å². The Hall–Kier alpha value is -3.42. The molecule has 0 fully saturated rings. The molecule has 2 atom stereocenters. The van der Waals surface area contributed by atoms with Crippen LogP contribution >= 0.6 is 0 Å². The number of nitro benzene ring substituents is 1. The molecule has 2 aromatic carbocycles. The highest BCUT2D eigenvalue weighted by atomic mass is 16.6. The average molecular weight is 385 g/mol. The topological polar surface area (TPSA) is 111 Å². The quantitative estimate of drug-likeness (QED) is 0.410. The van der Waals surface area contributed by atoms with Crippen LogP contribution in [0.5, 0.6) is 0 Å². The fraction of sp³-hybridized carbons (Fsp3) is 0.300. The van der Waals surface area contributed by atoms with Crippen molar-refractivity contribution in [2.45, 2.75) is 25.9 Å². The third-order valence-corrected chi connectivity index (χ3v) is 4.30. The van der Waals surface area contributed by atoms with Gasteiger partial charge in [0.2, 0.25) is 0 Å². The summed E-state index contributed by atoms with van der Waals surface area (Å²) >= 11 is 0. The molecule has 0 aliphatic carbocycles. The molecule has 0 aliphatic heterocycles. The van der Waals surface area contributed by atoms with Gasteiger partial charge in [0, 0.05) is 19.7 Å². The predicted octanol–water partition coefficient (Wildman–Crippen LogP) is 3.10. The van der Waals surface area contributed by atoms with Crippen molar-refractivity contribution < 1.29 is 19.2 Å². The Morgan fingerprint density at radius 1 is 1.14 bits per heavy atom. The molecule has 8 nitrogen and oxygen atoms in total. The minimum absolute atomic E-state index is 0.00278. The molecule has 0 heterocycles. The number of hydrogen-bond donors (Lipinski definition) is 2. The van der Waals surface area contributed by atoms with Crippen LogP contribution < -0.4 is 10.6 Å². The third-order valence-electron chi connectivity index (χ3n) is 4.30. The Labute approximate surface area is 163 Å². The number of esters is 1. The van der Waals surface area contributed by atoms with E-state index in [0.717, 1.165) is 11.6 Å². The summed E-state index contributed by atoms with van der Waals surface area (Å²) in [7, 11) is 1.54. The van der Waals surface area contributed by atoms with Gasteiger partial charge in [-0.05, 0) is 30.5 Å². The van der Waals surface area contributed by atoms with Gasteiger partial charge in [0.1, 0.15) is 5.69 Å². The van der Waals surface area contributed by atoms with Crippen molar-refractivity contribution in [1.29, 1.82) is 0 Å². The normalized spacial score (nSPS) is 12.5. The van der Waals surface area contributed by atoms with Gasteiger partial charge in [-0.1, -0.05) is 37.3 Å². The van der Waals surface area contributed by atoms with Crippen LogP contribution in [0.1, 0.15) is 35.7 Å². The summed E-state index contributed by atoms with van der Waals surface area (Å²) < 4.78 is 5.15. The van der Waals surface area contributed by atoms with Gasteiger partial charge in [-0.2, -0.15) is 0 Å². The molecule has 2 aromatic rings. The van der Waals surface area contributed by atoms with Crippen LogP contribution in [0.3, 0.4) is 0 Å². The van der Waals surface area contributed by atoms with Crippen molar-refractivity contribution in [1.82, 2.24) is 5.32 Å². The first-order chi connectivity index (χ1) is 13.3. The maximum absolute atomic E-state index is 12.2. The second kappa shape index (κ2) is 9.50. The molecule has 0 aromatic heterocycles. The first-order valence-electron chi connectivity index (χ1n) is 8.83. The summed E-state index contributed by atoms with van der Waals surface area (Å²) in [6, 6.07) is 13.7. The Bertz CT molecular complexity index is 854. The summed E-state index contributed by atoms with van der Waals surface area (Å²) in [6.45, 7) is 3.83. The van der Waals surface area contributed by atoms with Crippen LogP contribution in [-0.2, 0) is 9.53 Å². The van der Waals surface area contributed by atoms with Gasteiger partial charge in [0.15, 0.2) is 6.10 Å². The van der Waals surface area contributed by atoms with Crippen molar-refractivity contribution in [3.8, 4) is 0 Å². The number of anilines is 1. The molecular weight excluding hydrogens is 362 g/mol. The molecule has 0 aliphatic rings. The van der Waals surface area contributed by atoms with Crippen molar-refractivity contribution in [3.05, 3.63) is 69.8 Å². The van der Waals surface area contributed by atoms with Crippen LogP contribution in [0, 0.1) is 10.1 Å². The van der Waals surface area contributed by atoms with Gasteiger partial charge in [-0.25, -0.2) is 4.79 Å². The zero-order chi connectivity index (χ0) is 20.7. The Morgan fingerprint density at radius 2 is 1.82 bits per heavy atom. The van der Waals surface area contributed by atoms with E-state index >= 15 is 0 Å². The first kappa shape index (κ1) is 20.9. The SMILES string of the molecule is CNc1ccc(C(=O)O[C@@H](C)C(=O)NC[C@@H](C)c2ccccc2)cc1[N+](=O)[O-]. The number of hydrogen-bond acceptors (Lipinski definition) is 6. The summed E-state index contributed by atoms with van der Waals surface area (Å²) in [5.74, 6) is -1.13. The molecule has 0 spiro atoms. The number of carbonyl (C=O) groups excluding carboxylic acids is 2. The molecule has 2 rings (SSSR count). The van der Waals surface area contributed by atoms with Crippen molar-refractivity contribution in [2.24, 2.45) is 0 Å². The number of nitrogens with one attached hydrogen (secondary N) is 2. The van der Waals surface area contributed by atoms with E-state index in [1.807, 2.05) is 37.3 Å². The lowest BCUT2D eigenvalue weighted by Gasteiger charge is -2.17. The zero-order valence-electron chi connectivity index (χ0n) is 16.0. The molecular formula is C20H23N3O5. The molecule has 28 heavy (non-hydrogen) atoms. The van der Waals surface area contributed by atoms with E-state index in [-0.39, 0.29) is 22.9 Å². The first-order valence-corrected chi connectivity index (χ1v) is 8.83. The smallest absolute Gasteiger partial charge is 0.339 e. The maximum Gasteiger partial charge on any atom is 0.339 e. The highest BCUT2D eigenvalue weighted by Gasteiger charge is 2.22. The molecule has 0 radical (unpaired) electrons. The lowest BCUT2D eigenvalue weighted by molar-refractivity contribution is -0.384. The van der Waals surface area contributed by atoms with Crippen LogP contribution in [0.4, 0.5) is 11.4 Å². The van der Waals surface area contributed by atoms with E-state index in [2.05, 4.69) is 10.6 Å². The minimum atomic E-state index is -1.03. The summed E-state index contributed by atoms with van der Waals surface area (Å²) in [5, 5.41) is 16.5. The van der Waals surface area contributed by atoms with Crippen molar-refractivity contribution in [3.63, 3.8) is 0 Å². The van der Waals surface area contributed by atoms with E-state index in [0.29, 0.717) is 6.54 Å². The number of ether oxygens (including phenoxy) is 1. The molecule has 8 heteroatoms. The van der Waals surface area contributed by atoms with Gasteiger partial charge in [0.05, 0.1) is 10.5 Å². The number of nitro groups is 1.